The molecule has 0 fully saturated rings. The molecular formula is C22H24ClNO2. The van der Waals surface area contributed by atoms with Crippen LogP contribution in [0.25, 0.3) is 22.2 Å². The Labute approximate surface area is 159 Å². The Bertz CT molecular complexity index is 991. The number of halogens is 1. The fourth-order valence-corrected chi connectivity index (χ4v) is 3.57. The molecule has 0 N–H and O–H groups in total. The van der Waals surface area contributed by atoms with Crippen LogP contribution >= 0.6 is 11.6 Å². The molecule has 0 atom stereocenters. The lowest BCUT2D eigenvalue weighted by Gasteiger charge is -2.20. The summed E-state index contributed by atoms with van der Waals surface area (Å²) in [4.78, 5) is 13.1. The van der Waals surface area contributed by atoms with Crippen molar-refractivity contribution >= 4 is 22.5 Å². The van der Waals surface area contributed by atoms with Crippen LogP contribution in [0.4, 0.5) is 0 Å². The minimum absolute atomic E-state index is 0.0384. The molecule has 0 radical (unpaired) electrons. The summed E-state index contributed by atoms with van der Waals surface area (Å²) in [6.45, 7) is 9.41. The number of rotatable bonds is 5. The molecule has 0 spiro atoms. The molecule has 2 aromatic carbocycles. The Kier molecular flexibility index (Phi) is 5.38. The third kappa shape index (κ3) is 3.24. The number of aromatic nitrogens is 1. The Morgan fingerprint density at radius 3 is 2.42 bits per heavy atom. The van der Waals surface area contributed by atoms with Gasteiger partial charge in [-0.15, -0.1) is 0 Å². The lowest BCUT2D eigenvalue weighted by Crippen LogP contribution is -2.16. The van der Waals surface area contributed by atoms with Crippen molar-refractivity contribution in [1.29, 1.82) is 0 Å². The van der Waals surface area contributed by atoms with E-state index in [-0.39, 0.29) is 5.43 Å². The van der Waals surface area contributed by atoms with Crippen LogP contribution in [0.3, 0.4) is 0 Å². The van der Waals surface area contributed by atoms with Gasteiger partial charge in [-0.2, -0.15) is 0 Å². The predicted octanol–water partition coefficient (Wildman–Crippen LogP) is 5.69. The molecule has 3 aromatic rings. The van der Waals surface area contributed by atoms with Gasteiger partial charge < -0.3 is 9.30 Å². The maximum Gasteiger partial charge on any atom is 0.194 e. The molecule has 3 rings (SSSR count). The Balaban J connectivity index is 2.30. The van der Waals surface area contributed by atoms with Crippen molar-refractivity contribution in [2.45, 2.75) is 34.2 Å². The summed E-state index contributed by atoms with van der Waals surface area (Å²) < 4.78 is 7.96. The highest BCUT2D eigenvalue weighted by Gasteiger charge is 2.19. The van der Waals surface area contributed by atoms with Crippen molar-refractivity contribution < 1.29 is 4.74 Å². The average molecular weight is 370 g/mol. The van der Waals surface area contributed by atoms with Gasteiger partial charge in [0.1, 0.15) is 5.75 Å². The summed E-state index contributed by atoms with van der Waals surface area (Å²) >= 11 is 6.59. The maximum absolute atomic E-state index is 13.1. The van der Waals surface area contributed by atoms with Gasteiger partial charge in [0.05, 0.1) is 28.2 Å². The number of hydrogen-bond acceptors (Lipinski definition) is 2. The van der Waals surface area contributed by atoms with Gasteiger partial charge in [-0.05, 0) is 37.5 Å². The first-order chi connectivity index (χ1) is 12.5. The zero-order valence-electron chi connectivity index (χ0n) is 15.7. The summed E-state index contributed by atoms with van der Waals surface area (Å²) in [5.74, 6) is 0.954. The van der Waals surface area contributed by atoms with Crippen molar-refractivity contribution in [1.82, 2.24) is 4.57 Å². The summed E-state index contributed by atoms with van der Waals surface area (Å²) in [5, 5.41) is 0.935. The van der Waals surface area contributed by atoms with E-state index in [4.69, 9.17) is 16.3 Å². The number of aryl methyl sites for hydroxylation is 1. The summed E-state index contributed by atoms with van der Waals surface area (Å²) in [6, 6.07) is 13.8. The molecule has 1 heterocycles. The van der Waals surface area contributed by atoms with Crippen molar-refractivity contribution in [3.63, 3.8) is 0 Å². The van der Waals surface area contributed by atoms with Crippen LogP contribution in [-0.2, 0) is 6.54 Å². The van der Waals surface area contributed by atoms with Crippen LogP contribution in [0.2, 0.25) is 5.02 Å². The number of benzene rings is 2. The summed E-state index contributed by atoms with van der Waals surface area (Å²) in [6.07, 6.45) is 0. The van der Waals surface area contributed by atoms with Crippen molar-refractivity contribution in [2.24, 2.45) is 5.92 Å². The minimum Gasteiger partial charge on any atom is -0.492 e. The van der Waals surface area contributed by atoms with E-state index < -0.39 is 0 Å². The third-order valence-corrected chi connectivity index (χ3v) is 4.88. The van der Waals surface area contributed by atoms with Crippen molar-refractivity contribution in [3.05, 3.63) is 63.3 Å². The zero-order chi connectivity index (χ0) is 18.8. The van der Waals surface area contributed by atoms with Gasteiger partial charge in [0.2, 0.25) is 0 Å². The number of fused-ring (bicyclic) bond motifs is 1. The van der Waals surface area contributed by atoms with Gasteiger partial charge in [-0.25, -0.2) is 0 Å². The lowest BCUT2D eigenvalue weighted by atomic mass is 10.0. The van der Waals surface area contributed by atoms with Crippen molar-refractivity contribution in [2.75, 3.05) is 6.61 Å². The molecule has 136 valence electrons. The highest BCUT2D eigenvalue weighted by molar-refractivity contribution is 6.37. The molecule has 1 aromatic heterocycles. The number of hydrogen-bond donors (Lipinski definition) is 0. The van der Waals surface area contributed by atoms with Crippen LogP contribution in [-0.4, -0.2) is 11.2 Å². The topological polar surface area (TPSA) is 31.2 Å². The van der Waals surface area contributed by atoms with E-state index in [1.165, 1.54) is 0 Å². The molecule has 26 heavy (non-hydrogen) atoms. The molecule has 3 nitrogen and oxygen atoms in total. The molecule has 0 bridgehead atoms. The van der Waals surface area contributed by atoms with E-state index in [1.54, 1.807) is 0 Å². The molecule has 0 saturated carbocycles. The molecule has 0 saturated heterocycles. The van der Waals surface area contributed by atoms with Gasteiger partial charge in [0.15, 0.2) is 5.43 Å². The van der Waals surface area contributed by atoms with Crippen LogP contribution < -0.4 is 10.2 Å². The first-order valence-corrected chi connectivity index (χ1v) is 9.37. The van der Waals surface area contributed by atoms with E-state index >= 15 is 0 Å². The Hall–Kier alpha value is -2.26. The molecular weight excluding hydrogens is 346 g/mol. The van der Waals surface area contributed by atoms with E-state index in [0.29, 0.717) is 34.2 Å². The molecule has 0 aliphatic rings. The van der Waals surface area contributed by atoms with Gasteiger partial charge >= 0.3 is 0 Å². The van der Waals surface area contributed by atoms with Crippen LogP contribution in [0.1, 0.15) is 26.3 Å². The lowest BCUT2D eigenvalue weighted by molar-refractivity contribution is 0.271. The molecule has 0 aliphatic heterocycles. The van der Waals surface area contributed by atoms with Gasteiger partial charge in [0.25, 0.3) is 0 Å². The highest BCUT2D eigenvalue weighted by Crippen LogP contribution is 2.34. The zero-order valence-corrected chi connectivity index (χ0v) is 16.4. The summed E-state index contributed by atoms with van der Waals surface area (Å²) in [5.41, 5.74) is 3.47. The van der Waals surface area contributed by atoms with E-state index in [0.717, 1.165) is 23.3 Å². The van der Waals surface area contributed by atoms with E-state index in [1.807, 2.05) is 49.4 Å². The quantitative estimate of drug-likeness (QED) is 0.578. The Morgan fingerprint density at radius 2 is 1.81 bits per heavy atom. The maximum atomic E-state index is 13.1. The minimum atomic E-state index is -0.0384. The monoisotopic (exact) mass is 369 g/mol. The number of nitrogens with zero attached hydrogens (tertiary/aromatic N) is 1. The SMILES string of the molecule is CCn1c(-c2ccccc2)c(C)c(=O)c2c(Cl)c(OCC(C)C)ccc21. The second-order valence-electron chi connectivity index (χ2n) is 6.89. The summed E-state index contributed by atoms with van der Waals surface area (Å²) in [7, 11) is 0. The third-order valence-electron chi connectivity index (χ3n) is 4.50. The molecule has 0 aliphatic carbocycles. The Morgan fingerprint density at radius 1 is 1.12 bits per heavy atom. The van der Waals surface area contributed by atoms with Gasteiger partial charge in [0, 0.05) is 12.1 Å². The van der Waals surface area contributed by atoms with E-state index in [2.05, 4.69) is 25.3 Å². The first kappa shape index (κ1) is 18.5. The fourth-order valence-electron chi connectivity index (χ4n) is 3.27. The number of pyridine rings is 1. The van der Waals surface area contributed by atoms with Crippen LogP contribution in [0, 0.1) is 12.8 Å². The highest BCUT2D eigenvalue weighted by atomic mass is 35.5. The van der Waals surface area contributed by atoms with Crippen LogP contribution in [0.5, 0.6) is 5.75 Å². The second kappa shape index (κ2) is 7.55. The van der Waals surface area contributed by atoms with Gasteiger partial charge in [-0.3, -0.25) is 4.79 Å². The van der Waals surface area contributed by atoms with Crippen LogP contribution in [0.15, 0.2) is 47.3 Å². The van der Waals surface area contributed by atoms with E-state index in [9.17, 15) is 4.79 Å². The standard InChI is InChI=1S/C22H24ClNO2/c1-5-24-17-11-12-18(26-13-14(2)3)20(23)19(17)22(25)15(4)21(24)16-9-7-6-8-10-16/h6-12,14H,5,13H2,1-4H3. The van der Waals surface area contributed by atoms with Gasteiger partial charge in [-0.1, -0.05) is 55.8 Å². The average Bonchev–Trinajstić information content (AvgIpc) is 2.64. The molecule has 4 heteroatoms. The molecule has 0 amide bonds. The normalized spacial score (nSPS) is 11.3. The second-order valence-corrected chi connectivity index (χ2v) is 7.27. The molecule has 0 unspecified atom stereocenters. The predicted molar refractivity (Wildman–Crippen MR) is 109 cm³/mol. The first-order valence-electron chi connectivity index (χ1n) is 8.99. The number of ether oxygens (including phenoxy) is 1. The van der Waals surface area contributed by atoms with Crippen molar-refractivity contribution in [3.8, 4) is 17.0 Å². The largest absolute Gasteiger partial charge is 0.492 e. The smallest absolute Gasteiger partial charge is 0.194 e. The fraction of sp³-hybridized carbons (Fsp3) is 0.318.